The van der Waals surface area contributed by atoms with E-state index in [0.29, 0.717) is 44.2 Å². The van der Waals surface area contributed by atoms with Crippen molar-refractivity contribution in [3.05, 3.63) is 54.6 Å². The van der Waals surface area contributed by atoms with Crippen molar-refractivity contribution in [1.82, 2.24) is 14.7 Å². The number of benzene rings is 2. The van der Waals surface area contributed by atoms with Crippen molar-refractivity contribution in [2.24, 2.45) is 0 Å². The first kappa shape index (κ1) is 20.2. The molecule has 0 unspecified atom stereocenters. The molecule has 0 aliphatic carbocycles. The van der Waals surface area contributed by atoms with Crippen LogP contribution in [0.25, 0.3) is 0 Å². The number of ether oxygens (including phenoxy) is 1. The van der Waals surface area contributed by atoms with E-state index in [-0.39, 0.29) is 11.9 Å². The summed E-state index contributed by atoms with van der Waals surface area (Å²) in [5.74, 6) is 1.53. The van der Waals surface area contributed by atoms with Gasteiger partial charge in [0.1, 0.15) is 5.75 Å². The molecule has 2 aromatic carbocycles. The third-order valence-corrected chi connectivity index (χ3v) is 5.58. The Balaban J connectivity index is 1.29. The van der Waals surface area contributed by atoms with Gasteiger partial charge in [0.25, 0.3) is 0 Å². The highest BCUT2D eigenvalue weighted by molar-refractivity contribution is 5.91. The highest BCUT2D eigenvalue weighted by Gasteiger charge is 2.25. The van der Waals surface area contributed by atoms with E-state index in [1.807, 2.05) is 59.5 Å². The summed E-state index contributed by atoms with van der Waals surface area (Å²) in [7, 11) is 0. The van der Waals surface area contributed by atoms with E-state index in [9.17, 15) is 9.59 Å². The third kappa shape index (κ3) is 5.10. The van der Waals surface area contributed by atoms with Crippen molar-refractivity contribution in [2.45, 2.75) is 12.8 Å². The molecule has 0 saturated carbocycles. The molecule has 3 amide bonds. The SMILES string of the molecule is O=C(CN1CCN(C(=O)Nc2ccccc2Oc2ccccc2)CC1)N1CCCC1. The number of likely N-dealkylation sites (tertiary alicyclic amines) is 1. The van der Waals surface area contributed by atoms with Crippen LogP contribution >= 0.6 is 0 Å². The van der Waals surface area contributed by atoms with Crippen LogP contribution in [-0.2, 0) is 4.79 Å². The van der Waals surface area contributed by atoms with Crippen LogP contribution in [0, 0.1) is 0 Å². The summed E-state index contributed by atoms with van der Waals surface area (Å²) in [4.78, 5) is 31.0. The molecule has 0 aromatic heterocycles. The summed E-state index contributed by atoms with van der Waals surface area (Å²) < 4.78 is 5.92. The van der Waals surface area contributed by atoms with Crippen LogP contribution in [-0.4, -0.2) is 72.5 Å². The van der Waals surface area contributed by atoms with E-state index in [4.69, 9.17) is 4.74 Å². The molecule has 2 aliphatic heterocycles. The Morgan fingerprint density at radius 3 is 2.20 bits per heavy atom. The van der Waals surface area contributed by atoms with Gasteiger partial charge in [-0.05, 0) is 37.1 Å². The predicted octanol–water partition coefficient (Wildman–Crippen LogP) is 3.25. The topological polar surface area (TPSA) is 65.1 Å². The Labute approximate surface area is 177 Å². The Morgan fingerprint density at radius 1 is 0.800 bits per heavy atom. The van der Waals surface area contributed by atoms with Crippen LogP contribution in [0.2, 0.25) is 0 Å². The largest absolute Gasteiger partial charge is 0.455 e. The zero-order chi connectivity index (χ0) is 20.8. The van der Waals surface area contributed by atoms with E-state index < -0.39 is 0 Å². The molecule has 30 heavy (non-hydrogen) atoms. The van der Waals surface area contributed by atoms with E-state index >= 15 is 0 Å². The van der Waals surface area contributed by atoms with Crippen LogP contribution in [0.1, 0.15) is 12.8 Å². The van der Waals surface area contributed by atoms with Gasteiger partial charge >= 0.3 is 6.03 Å². The molecule has 2 aromatic rings. The molecule has 0 bridgehead atoms. The molecule has 0 radical (unpaired) electrons. The van der Waals surface area contributed by atoms with Crippen LogP contribution in [0.15, 0.2) is 54.6 Å². The molecular weight excluding hydrogens is 380 g/mol. The molecule has 158 valence electrons. The predicted molar refractivity (Wildman–Crippen MR) is 116 cm³/mol. The van der Waals surface area contributed by atoms with Crippen molar-refractivity contribution in [1.29, 1.82) is 0 Å². The van der Waals surface area contributed by atoms with Gasteiger partial charge in [0, 0.05) is 39.3 Å². The second-order valence-electron chi connectivity index (χ2n) is 7.69. The number of carbonyl (C=O) groups is 2. The molecule has 1 N–H and O–H groups in total. The lowest BCUT2D eigenvalue weighted by atomic mass is 10.2. The minimum absolute atomic E-state index is 0.148. The summed E-state index contributed by atoms with van der Waals surface area (Å²) in [5, 5.41) is 2.97. The molecule has 7 nitrogen and oxygen atoms in total. The fraction of sp³-hybridized carbons (Fsp3) is 0.391. The lowest BCUT2D eigenvalue weighted by Gasteiger charge is -2.35. The number of urea groups is 1. The number of nitrogens with zero attached hydrogens (tertiary/aromatic N) is 3. The molecule has 4 rings (SSSR count). The van der Waals surface area contributed by atoms with Crippen molar-refractivity contribution < 1.29 is 14.3 Å². The molecule has 7 heteroatoms. The first-order chi connectivity index (χ1) is 14.7. The van der Waals surface area contributed by atoms with Gasteiger partial charge in [-0.3, -0.25) is 9.69 Å². The second kappa shape index (κ2) is 9.63. The number of nitrogens with one attached hydrogen (secondary N) is 1. The number of hydrogen-bond donors (Lipinski definition) is 1. The van der Waals surface area contributed by atoms with Gasteiger partial charge in [-0.25, -0.2) is 4.79 Å². The fourth-order valence-corrected chi connectivity index (χ4v) is 3.84. The highest BCUT2D eigenvalue weighted by Crippen LogP contribution is 2.29. The van der Waals surface area contributed by atoms with Crippen molar-refractivity contribution in [3.63, 3.8) is 0 Å². The summed E-state index contributed by atoms with van der Waals surface area (Å²) in [6.45, 7) is 4.81. The normalized spacial score (nSPS) is 17.1. The van der Waals surface area contributed by atoms with E-state index in [1.54, 1.807) is 4.90 Å². The first-order valence-electron chi connectivity index (χ1n) is 10.6. The van der Waals surface area contributed by atoms with Gasteiger partial charge in [0.05, 0.1) is 12.2 Å². The van der Waals surface area contributed by atoms with E-state index in [1.165, 1.54) is 0 Å². The molecule has 2 fully saturated rings. The van der Waals surface area contributed by atoms with Gasteiger partial charge in [-0.15, -0.1) is 0 Å². The summed E-state index contributed by atoms with van der Waals surface area (Å²) in [6, 6.07) is 16.8. The number of carbonyl (C=O) groups excluding carboxylic acids is 2. The van der Waals surface area contributed by atoms with E-state index in [0.717, 1.165) is 31.7 Å². The van der Waals surface area contributed by atoms with Crippen molar-refractivity contribution in [3.8, 4) is 11.5 Å². The van der Waals surface area contributed by atoms with Gasteiger partial charge in [0.15, 0.2) is 5.75 Å². The smallest absolute Gasteiger partial charge is 0.322 e. The van der Waals surface area contributed by atoms with E-state index in [2.05, 4.69) is 10.2 Å². The highest BCUT2D eigenvalue weighted by atomic mass is 16.5. The Morgan fingerprint density at radius 2 is 1.47 bits per heavy atom. The molecule has 0 atom stereocenters. The number of rotatable bonds is 5. The van der Waals surface area contributed by atoms with Crippen molar-refractivity contribution >= 4 is 17.6 Å². The molecular formula is C23H28N4O3. The standard InChI is InChI=1S/C23H28N4O3/c28-22(26-12-6-7-13-26)18-25-14-16-27(17-15-25)23(29)24-20-10-4-5-11-21(20)30-19-8-2-1-3-9-19/h1-5,8-11H,6-7,12-18H2,(H,24,29). The molecule has 2 saturated heterocycles. The Kier molecular flexibility index (Phi) is 6.49. The second-order valence-corrected chi connectivity index (χ2v) is 7.69. The van der Waals surface area contributed by atoms with Crippen LogP contribution in [0.3, 0.4) is 0 Å². The number of hydrogen-bond acceptors (Lipinski definition) is 4. The number of piperazine rings is 1. The minimum atomic E-state index is -0.148. The molecule has 2 heterocycles. The summed E-state index contributed by atoms with van der Waals surface area (Å²) >= 11 is 0. The zero-order valence-corrected chi connectivity index (χ0v) is 17.1. The van der Waals surface area contributed by atoms with Crippen molar-refractivity contribution in [2.75, 3.05) is 51.1 Å². The third-order valence-electron chi connectivity index (χ3n) is 5.58. The van der Waals surface area contributed by atoms with Gasteiger partial charge in [-0.1, -0.05) is 30.3 Å². The monoisotopic (exact) mass is 408 g/mol. The molecule has 2 aliphatic rings. The van der Waals surface area contributed by atoms with Gasteiger partial charge in [0.2, 0.25) is 5.91 Å². The number of para-hydroxylation sites is 3. The maximum absolute atomic E-state index is 12.8. The maximum atomic E-state index is 12.8. The Hall–Kier alpha value is -3.06. The summed E-state index contributed by atoms with van der Waals surface area (Å²) in [6.07, 6.45) is 2.21. The fourth-order valence-electron chi connectivity index (χ4n) is 3.84. The quantitative estimate of drug-likeness (QED) is 0.825. The average molecular weight is 409 g/mol. The minimum Gasteiger partial charge on any atom is -0.455 e. The summed E-state index contributed by atoms with van der Waals surface area (Å²) in [5.41, 5.74) is 0.637. The average Bonchev–Trinajstić information content (AvgIpc) is 3.31. The van der Waals surface area contributed by atoms with Gasteiger partial charge in [-0.2, -0.15) is 0 Å². The lowest BCUT2D eigenvalue weighted by Crippen LogP contribution is -2.52. The number of amides is 3. The zero-order valence-electron chi connectivity index (χ0n) is 17.1. The first-order valence-corrected chi connectivity index (χ1v) is 10.6. The maximum Gasteiger partial charge on any atom is 0.322 e. The van der Waals surface area contributed by atoms with Crippen LogP contribution in [0.4, 0.5) is 10.5 Å². The van der Waals surface area contributed by atoms with Gasteiger partial charge < -0.3 is 19.9 Å². The van der Waals surface area contributed by atoms with Crippen LogP contribution in [0.5, 0.6) is 11.5 Å². The van der Waals surface area contributed by atoms with Crippen LogP contribution < -0.4 is 10.1 Å². The Bertz CT molecular complexity index is 860. The number of anilines is 1. The molecule has 0 spiro atoms. The lowest BCUT2D eigenvalue weighted by molar-refractivity contribution is -0.131.